The van der Waals surface area contributed by atoms with Crippen molar-refractivity contribution in [2.45, 2.75) is 145 Å². The Morgan fingerprint density at radius 3 is 1.25 bits per heavy atom. The van der Waals surface area contributed by atoms with Crippen molar-refractivity contribution in [3.63, 3.8) is 0 Å². The van der Waals surface area contributed by atoms with Gasteiger partial charge in [-0.3, -0.25) is 4.43 Å². The Balaban J connectivity index is -0.000000711. The Labute approximate surface area is 350 Å². The van der Waals surface area contributed by atoms with E-state index < -0.39 is 81.1 Å². The molecule has 1 fully saturated rings. The van der Waals surface area contributed by atoms with Crippen molar-refractivity contribution in [2.24, 2.45) is 5.41 Å². The molecule has 1 heterocycles. The van der Waals surface area contributed by atoms with Crippen LogP contribution in [-0.4, -0.2) is 138 Å². The summed E-state index contributed by atoms with van der Waals surface area (Å²) < 4.78 is 93.8. The quantitative estimate of drug-likeness (QED) is 0.0808. The van der Waals surface area contributed by atoms with Gasteiger partial charge in [0.25, 0.3) is 6.48 Å². The van der Waals surface area contributed by atoms with Crippen molar-refractivity contribution in [3.8, 4) is 0 Å². The van der Waals surface area contributed by atoms with Crippen LogP contribution >= 0.6 is 0 Å². The van der Waals surface area contributed by atoms with Gasteiger partial charge in [0.15, 0.2) is 0 Å². The minimum atomic E-state index is -3.74. The van der Waals surface area contributed by atoms with Crippen molar-refractivity contribution in [3.05, 3.63) is 0 Å². The van der Waals surface area contributed by atoms with Gasteiger partial charge >= 0.3 is 58.5 Å². The summed E-state index contributed by atoms with van der Waals surface area (Å²) >= 11 is 0. The molecule has 1 saturated heterocycles. The van der Waals surface area contributed by atoms with Crippen LogP contribution in [0.3, 0.4) is 0 Å². The lowest BCUT2D eigenvalue weighted by Gasteiger charge is -2.45. The smallest absolute Gasteiger partial charge is 0.457 e. The van der Waals surface area contributed by atoms with Crippen LogP contribution in [0, 0.1) is 5.41 Å². The molecular formula is C31H87O17Si8+. The zero-order valence-corrected chi connectivity index (χ0v) is 48.4. The van der Waals surface area contributed by atoms with Gasteiger partial charge in [0, 0.05) is 92.1 Å². The lowest BCUT2D eigenvalue weighted by molar-refractivity contribution is -0.458. The monoisotopic (exact) mass is 955 g/mol. The van der Waals surface area contributed by atoms with Crippen LogP contribution < -0.4 is 0 Å². The van der Waals surface area contributed by atoms with Crippen LogP contribution in [0.4, 0.5) is 0 Å². The SMILES string of the molecule is CC(C)(C)C.COC1OCO[Si](C)(O[Si](C)(OC)OC)O[Si](C)(O[Si](C)(C)O[Si](C)(OC(OC)(OC)OC)O[Si](C)(C)OC)O1.C[Si](C)(C)C.C[Si](C)(C)C.[OH3+]. The molecule has 1 rings (SSSR count). The maximum atomic E-state index is 6.56. The van der Waals surface area contributed by atoms with Crippen LogP contribution in [0.2, 0.25) is 105 Å². The topological polar surface area (TPSA) is 181 Å². The van der Waals surface area contributed by atoms with Crippen molar-refractivity contribution in [1.82, 2.24) is 0 Å². The summed E-state index contributed by atoms with van der Waals surface area (Å²) in [5, 5.41) is 0. The lowest BCUT2D eigenvalue weighted by atomic mass is 10.0. The van der Waals surface area contributed by atoms with E-state index in [1.54, 1.807) is 46.4 Å². The first-order valence-electron chi connectivity index (χ1n) is 18.2. The van der Waals surface area contributed by atoms with E-state index in [4.69, 9.17) is 70.8 Å². The molecule has 0 aromatic rings. The first kappa shape index (κ1) is 63.7. The molecule has 344 valence electrons. The van der Waals surface area contributed by atoms with Gasteiger partial charge in [-0.15, -0.1) is 0 Å². The molecule has 0 radical (unpaired) electrons. The standard InChI is InChI=1S/C18H48O16Si6.C5H12.2C4H12Si.H2O/c1-19-17-26-16-27-38(13,33-37(12,24-6)25-7)34-39(14,28-17)31-36(10,11)32-40(15,30-35(8,9)23-5)29-18(20-2,21-3)22-4;3*1-5(2,3)4;/h17H,16H2,1-15H3;3*1-4H3;1H2/p+1. The Hall–Kier alpha value is 1.06. The van der Waals surface area contributed by atoms with Crippen LogP contribution in [-0.2, 0) is 76.3 Å². The molecule has 56 heavy (non-hydrogen) atoms. The molecule has 0 amide bonds. The molecule has 0 saturated carbocycles. The number of hydrogen-bond donors (Lipinski definition) is 0. The van der Waals surface area contributed by atoms with Gasteiger partial charge in [-0.05, 0) is 31.6 Å². The van der Waals surface area contributed by atoms with Crippen LogP contribution in [0.25, 0.3) is 0 Å². The molecule has 0 aromatic heterocycles. The summed E-state index contributed by atoms with van der Waals surface area (Å²) in [5.41, 5.74) is 0.500. The van der Waals surface area contributed by atoms with Crippen molar-refractivity contribution in [2.75, 3.05) is 56.6 Å². The van der Waals surface area contributed by atoms with E-state index in [1.807, 2.05) is 13.1 Å². The van der Waals surface area contributed by atoms with Gasteiger partial charge in [0.05, 0.1) is 0 Å². The van der Waals surface area contributed by atoms with Crippen LogP contribution in [0.5, 0.6) is 0 Å². The summed E-state index contributed by atoms with van der Waals surface area (Å²) in [7, 11) is -11.4. The minimum absolute atomic E-state index is 0. The highest BCUT2D eigenvalue weighted by Gasteiger charge is 2.60. The van der Waals surface area contributed by atoms with Gasteiger partial charge in [-0.25, -0.2) is 0 Å². The van der Waals surface area contributed by atoms with Gasteiger partial charge in [-0.1, -0.05) is 80.1 Å². The second-order valence-corrected chi connectivity index (χ2v) is 49.2. The normalized spacial score (nSPS) is 22.7. The molecule has 3 N–H and O–H groups in total. The third-order valence-corrected chi connectivity index (χ3v) is 26.0. The second-order valence-electron chi connectivity index (χ2n) is 18.7. The molecule has 1 aliphatic rings. The van der Waals surface area contributed by atoms with Gasteiger partial charge in [0.1, 0.15) is 6.79 Å². The van der Waals surface area contributed by atoms with E-state index in [9.17, 15) is 0 Å². The van der Waals surface area contributed by atoms with E-state index in [0.717, 1.165) is 0 Å². The highest BCUT2D eigenvalue weighted by molar-refractivity contribution is 6.87. The second kappa shape index (κ2) is 25.9. The minimum Gasteiger partial charge on any atom is -0.457 e. The summed E-state index contributed by atoms with van der Waals surface area (Å²) in [6.07, 6.45) is -1.91. The highest BCUT2D eigenvalue weighted by atomic mass is 28.5. The summed E-state index contributed by atoms with van der Waals surface area (Å²) in [5.74, 6) is 0. The maximum absolute atomic E-state index is 6.56. The first-order chi connectivity index (χ1) is 24.2. The molecule has 0 spiro atoms. The lowest BCUT2D eigenvalue weighted by Crippen LogP contribution is -2.67. The average Bonchev–Trinajstić information content (AvgIpc) is 2.94. The van der Waals surface area contributed by atoms with E-state index in [0.29, 0.717) is 5.41 Å². The zero-order chi connectivity index (χ0) is 44.6. The van der Waals surface area contributed by atoms with Gasteiger partial charge in [-0.2, -0.15) is 0 Å². The summed E-state index contributed by atoms with van der Waals surface area (Å²) in [6.45, 7) is 39.9. The molecule has 0 aliphatic carbocycles. The van der Waals surface area contributed by atoms with E-state index in [1.165, 1.54) is 42.7 Å². The molecule has 25 heteroatoms. The molecule has 4 atom stereocenters. The van der Waals surface area contributed by atoms with Gasteiger partial charge in [0.2, 0.25) is 0 Å². The van der Waals surface area contributed by atoms with Crippen molar-refractivity contribution < 1.29 is 76.3 Å². The predicted molar refractivity (Wildman–Crippen MR) is 240 cm³/mol. The highest BCUT2D eigenvalue weighted by Crippen LogP contribution is 2.33. The average molecular weight is 957 g/mol. The molecule has 1 aliphatic heterocycles. The molecule has 0 bridgehead atoms. The summed E-state index contributed by atoms with van der Waals surface area (Å²) in [6, 6.07) is 0. The Morgan fingerprint density at radius 2 is 0.929 bits per heavy atom. The Morgan fingerprint density at radius 1 is 0.554 bits per heavy atom. The number of ether oxygens (including phenoxy) is 5. The predicted octanol–water partition coefficient (Wildman–Crippen LogP) is 7.24. The van der Waals surface area contributed by atoms with E-state index >= 15 is 0 Å². The number of methoxy groups -OCH3 is 4. The van der Waals surface area contributed by atoms with E-state index in [-0.39, 0.29) is 12.3 Å². The third kappa shape index (κ3) is 33.7. The number of hydrogen-bond acceptors (Lipinski definition) is 16. The Kier molecular flexibility index (Phi) is 29.4. The molecule has 17 nitrogen and oxygen atoms in total. The van der Waals surface area contributed by atoms with Crippen LogP contribution in [0.1, 0.15) is 27.7 Å². The fourth-order valence-electron chi connectivity index (χ4n) is 3.58. The van der Waals surface area contributed by atoms with Gasteiger partial charge < -0.3 is 71.9 Å². The molecule has 0 aromatic carbocycles. The number of rotatable bonds is 17. The van der Waals surface area contributed by atoms with Crippen LogP contribution in [0.15, 0.2) is 0 Å². The fourth-order valence-corrected chi connectivity index (χ4v) is 25.7. The molecule has 4 unspecified atom stereocenters. The molecular weight excluding hydrogens is 869 g/mol. The van der Waals surface area contributed by atoms with Crippen molar-refractivity contribution in [1.29, 1.82) is 0 Å². The zero-order valence-electron chi connectivity index (χ0n) is 40.4. The van der Waals surface area contributed by atoms with Crippen molar-refractivity contribution >= 4 is 68.5 Å². The fraction of sp³-hybridized carbons (Fsp3) is 1.00. The van der Waals surface area contributed by atoms with E-state index in [2.05, 4.69) is 80.1 Å². The first-order valence-corrected chi connectivity index (χ1v) is 40.8. The summed E-state index contributed by atoms with van der Waals surface area (Å²) in [4.78, 5) is 0. The Bertz CT molecular complexity index is 986. The third-order valence-electron chi connectivity index (χ3n) is 5.36. The maximum Gasteiger partial charge on any atom is 0.489 e. The largest absolute Gasteiger partial charge is 0.489 e.